The fraction of sp³-hybridized carbons (Fsp3) is 0.333. The molecule has 0 atom stereocenters. The van der Waals surface area contributed by atoms with Crippen LogP contribution in [-0.4, -0.2) is 6.54 Å². The SMILES string of the molecule is CCN=Nc1ccc(C(F)(F)F)cc1. The molecule has 5 heteroatoms. The monoisotopic (exact) mass is 202 g/mol. The van der Waals surface area contributed by atoms with Gasteiger partial charge in [-0.3, -0.25) is 0 Å². The maximum Gasteiger partial charge on any atom is 0.416 e. The lowest BCUT2D eigenvalue weighted by molar-refractivity contribution is -0.137. The quantitative estimate of drug-likeness (QED) is 0.651. The van der Waals surface area contributed by atoms with E-state index in [4.69, 9.17) is 0 Å². The number of halogens is 3. The van der Waals surface area contributed by atoms with Gasteiger partial charge in [0.1, 0.15) is 0 Å². The lowest BCUT2D eigenvalue weighted by Gasteiger charge is -2.05. The van der Waals surface area contributed by atoms with E-state index in [1.165, 1.54) is 12.1 Å². The number of hydrogen-bond acceptors (Lipinski definition) is 2. The first-order valence-corrected chi connectivity index (χ1v) is 4.09. The Morgan fingerprint density at radius 1 is 1.14 bits per heavy atom. The zero-order valence-electron chi connectivity index (χ0n) is 7.54. The maximum absolute atomic E-state index is 12.1. The molecule has 0 N–H and O–H groups in total. The van der Waals surface area contributed by atoms with Crippen LogP contribution in [0.25, 0.3) is 0 Å². The summed E-state index contributed by atoms with van der Waals surface area (Å²) in [7, 11) is 0. The van der Waals surface area contributed by atoms with E-state index in [1.807, 2.05) is 0 Å². The van der Waals surface area contributed by atoms with Crippen molar-refractivity contribution in [3.63, 3.8) is 0 Å². The predicted molar refractivity (Wildman–Crippen MR) is 46.5 cm³/mol. The Hall–Kier alpha value is -1.39. The van der Waals surface area contributed by atoms with Crippen LogP contribution >= 0.6 is 0 Å². The van der Waals surface area contributed by atoms with E-state index in [0.717, 1.165) is 12.1 Å². The molecule has 0 aliphatic rings. The number of hydrogen-bond donors (Lipinski definition) is 0. The third-order valence-electron chi connectivity index (χ3n) is 1.52. The molecule has 14 heavy (non-hydrogen) atoms. The van der Waals surface area contributed by atoms with E-state index in [9.17, 15) is 13.2 Å². The average molecular weight is 202 g/mol. The molecule has 0 spiro atoms. The first-order chi connectivity index (χ1) is 6.54. The molecule has 0 heterocycles. The van der Waals surface area contributed by atoms with Gasteiger partial charge >= 0.3 is 6.18 Å². The first kappa shape index (κ1) is 10.7. The summed E-state index contributed by atoms with van der Waals surface area (Å²) in [5, 5.41) is 7.38. The molecular weight excluding hydrogens is 193 g/mol. The van der Waals surface area contributed by atoms with Crippen LogP contribution in [-0.2, 0) is 6.18 Å². The van der Waals surface area contributed by atoms with E-state index >= 15 is 0 Å². The molecular formula is C9H9F3N2. The topological polar surface area (TPSA) is 24.7 Å². The Bertz CT molecular complexity index is 314. The second-order valence-electron chi connectivity index (χ2n) is 2.60. The van der Waals surface area contributed by atoms with Crippen molar-refractivity contribution in [2.45, 2.75) is 13.1 Å². The summed E-state index contributed by atoms with van der Waals surface area (Å²) in [5.41, 5.74) is -0.243. The van der Waals surface area contributed by atoms with Crippen molar-refractivity contribution in [3.8, 4) is 0 Å². The third-order valence-corrected chi connectivity index (χ3v) is 1.52. The summed E-state index contributed by atoms with van der Waals surface area (Å²) in [5.74, 6) is 0. The van der Waals surface area contributed by atoms with Gasteiger partial charge in [0.25, 0.3) is 0 Å². The van der Waals surface area contributed by atoms with E-state index in [1.54, 1.807) is 6.92 Å². The summed E-state index contributed by atoms with van der Waals surface area (Å²) in [6, 6.07) is 4.57. The van der Waals surface area contributed by atoms with Crippen molar-refractivity contribution in [1.29, 1.82) is 0 Å². The third kappa shape index (κ3) is 2.83. The second kappa shape index (κ2) is 4.21. The van der Waals surface area contributed by atoms with E-state index in [0.29, 0.717) is 12.2 Å². The lowest BCUT2D eigenvalue weighted by atomic mass is 10.2. The largest absolute Gasteiger partial charge is 0.416 e. The van der Waals surface area contributed by atoms with Crippen LogP contribution in [0.3, 0.4) is 0 Å². The van der Waals surface area contributed by atoms with Crippen LogP contribution in [0.15, 0.2) is 34.5 Å². The van der Waals surface area contributed by atoms with E-state index < -0.39 is 11.7 Å². The van der Waals surface area contributed by atoms with Gasteiger partial charge in [-0.2, -0.15) is 23.4 Å². The minimum Gasteiger partial charge on any atom is -0.189 e. The molecule has 1 rings (SSSR count). The lowest BCUT2D eigenvalue weighted by Crippen LogP contribution is -2.03. The van der Waals surface area contributed by atoms with Crippen molar-refractivity contribution in [2.75, 3.05) is 6.54 Å². The summed E-state index contributed by atoms with van der Waals surface area (Å²) >= 11 is 0. The predicted octanol–water partition coefficient (Wildman–Crippen LogP) is 3.81. The van der Waals surface area contributed by atoms with E-state index in [-0.39, 0.29) is 0 Å². The Balaban J connectivity index is 2.84. The Kier molecular flexibility index (Phi) is 3.22. The zero-order valence-corrected chi connectivity index (χ0v) is 7.54. The fourth-order valence-corrected chi connectivity index (χ4v) is 0.869. The molecule has 0 aliphatic carbocycles. The van der Waals surface area contributed by atoms with Gasteiger partial charge in [-0.05, 0) is 31.2 Å². The van der Waals surface area contributed by atoms with Gasteiger partial charge in [0.05, 0.1) is 17.8 Å². The van der Waals surface area contributed by atoms with Gasteiger partial charge in [-0.15, -0.1) is 0 Å². The van der Waals surface area contributed by atoms with Gasteiger partial charge in [0.15, 0.2) is 0 Å². The molecule has 0 aliphatic heterocycles. The molecule has 0 fully saturated rings. The van der Waals surface area contributed by atoms with Crippen molar-refractivity contribution in [2.24, 2.45) is 10.2 Å². The van der Waals surface area contributed by atoms with Crippen LogP contribution in [0.5, 0.6) is 0 Å². The van der Waals surface area contributed by atoms with Crippen molar-refractivity contribution in [1.82, 2.24) is 0 Å². The zero-order chi connectivity index (χ0) is 10.6. The molecule has 76 valence electrons. The highest BCUT2D eigenvalue weighted by Gasteiger charge is 2.29. The minimum absolute atomic E-state index is 0.430. The van der Waals surface area contributed by atoms with E-state index in [2.05, 4.69) is 10.2 Å². The Morgan fingerprint density at radius 3 is 2.14 bits per heavy atom. The molecule has 1 aromatic rings. The standard InChI is InChI=1S/C9H9F3N2/c1-2-13-14-8-5-3-7(4-6-8)9(10,11)12/h3-6H,2H2,1H3. The molecule has 0 bridgehead atoms. The molecule has 0 amide bonds. The molecule has 0 saturated heterocycles. The van der Waals surface area contributed by atoms with Crippen LogP contribution < -0.4 is 0 Å². The summed E-state index contributed by atoms with van der Waals surface area (Å²) in [4.78, 5) is 0. The highest BCUT2D eigenvalue weighted by atomic mass is 19.4. The van der Waals surface area contributed by atoms with Crippen LogP contribution in [0.2, 0.25) is 0 Å². The number of alkyl halides is 3. The maximum atomic E-state index is 12.1. The molecule has 0 aromatic heterocycles. The fourth-order valence-electron chi connectivity index (χ4n) is 0.869. The second-order valence-corrected chi connectivity index (χ2v) is 2.60. The van der Waals surface area contributed by atoms with Crippen LogP contribution in [0.4, 0.5) is 18.9 Å². The Morgan fingerprint density at radius 2 is 1.71 bits per heavy atom. The summed E-state index contributed by atoms with van der Waals surface area (Å²) < 4.78 is 36.4. The van der Waals surface area contributed by atoms with Gasteiger partial charge in [0.2, 0.25) is 0 Å². The van der Waals surface area contributed by atoms with Gasteiger partial charge in [-0.25, -0.2) is 0 Å². The number of azo groups is 1. The summed E-state index contributed by atoms with van der Waals surface area (Å²) in [6.45, 7) is 2.31. The van der Waals surface area contributed by atoms with Gasteiger partial charge < -0.3 is 0 Å². The van der Waals surface area contributed by atoms with Crippen molar-refractivity contribution < 1.29 is 13.2 Å². The highest BCUT2D eigenvalue weighted by Crippen LogP contribution is 2.30. The number of rotatable bonds is 2. The molecule has 1 aromatic carbocycles. The van der Waals surface area contributed by atoms with Crippen molar-refractivity contribution in [3.05, 3.63) is 29.8 Å². The molecule has 2 nitrogen and oxygen atoms in total. The van der Waals surface area contributed by atoms with Crippen molar-refractivity contribution >= 4 is 5.69 Å². The number of nitrogens with zero attached hydrogens (tertiary/aromatic N) is 2. The number of benzene rings is 1. The minimum atomic E-state index is -4.29. The highest BCUT2D eigenvalue weighted by molar-refractivity contribution is 5.38. The molecule has 0 unspecified atom stereocenters. The van der Waals surface area contributed by atoms with Gasteiger partial charge in [0, 0.05) is 0 Å². The molecule has 0 saturated carbocycles. The smallest absolute Gasteiger partial charge is 0.189 e. The first-order valence-electron chi connectivity index (χ1n) is 4.09. The van der Waals surface area contributed by atoms with Crippen LogP contribution in [0, 0.1) is 0 Å². The Labute approximate surface area is 79.5 Å². The average Bonchev–Trinajstić information content (AvgIpc) is 2.14. The summed E-state index contributed by atoms with van der Waals surface area (Å²) in [6.07, 6.45) is -4.29. The normalized spacial score (nSPS) is 12.3. The van der Waals surface area contributed by atoms with Gasteiger partial charge in [-0.1, -0.05) is 0 Å². The van der Waals surface area contributed by atoms with Crippen LogP contribution in [0.1, 0.15) is 12.5 Å². The molecule has 0 radical (unpaired) electrons.